The van der Waals surface area contributed by atoms with Crippen molar-refractivity contribution in [3.8, 4) is 0 Å². The number of pyridine rings is 1. The summed E-state index contributed by atoms with van der Waals surface area (Å²) in [7, 11) is 0. The third kappa shape index (κ3) is 2.32. The predicted octanol–water partition coefficient (Wildman–Crippen LogP) is 1.66. The van der Waals surface area contributed by atoms with Crippen LogP contribution < -0.4 is 17.0 Å². The van der Waals surface area contributed by atoms with Gasteiger partial charge in [-0.05, 0) is 36.2 Å². The molecule has 5 heteroatoms. The van der Waals surface area contributed by atoms with Crippen molar-refractivity contribution in [1.82, 2.24) is 10.4 Å². The van der Waals surface area contributed by atoms with Gasteiger partial charge in [0.2, 0.25) is 0 Å². The molecule has 94 valence electrons. The van der Waals surface area contributed by atoms with Crippen LogP contribution in [0.4, 0.5) is 10.2 Å². The van der Waals surface area contributed by atoms with E-state index >= 15 is 0 Å². The highest BCUT2D eigenvalue weighted by Crippen LogP contribution is 2.27. The van der Waals surface area contributed by atoms with Crippen LogP contribution in [0.5, 0.6) is 0 Å². The lowest BCUT2D eigenvalue weighted by Crippen LogP contribution is -2.30. The molecule has 4 nitrogen and oxygen atoms in total. The Labute approximate surface area is 105 Å². The van der Waals surface area contributed by atoms with Gasteiger partial charge in [0.05, 0.1) is 6.04 Å². The Morgan fingerprint density at radius 1 is 1.33 bits per heavy atom. The molecule has 1 unspecified atom stereocenters. The molecule has 0 aliphatic rings. The highest BCUT2D eigenvalue weighted by molar-refractivity contribution is 5.49. The molecule has 0 saturated carbocycles. The molecule has 0 radical (unpaired) electrons. The Morgan fingerprint density at radius 3 is 2.72 bits per heavy atom. The van der Waals surface area contributed by atoms with Crippen LogP contribution in [0.15, 0.2) is 36.5 Å². The van der Waals surface area contributed by atoms with E-state index in [0.717, 1.165) is 11.1 Å². The number of anilines is 1. The van der Waals surface area contributed by atoms with Gasteiger partial charge in [0.15, 0.2) is 0 Å². The molecule has 0 aliphatic heterocycles. The molecule has 0 spiro atoms. The molecule has 5 N–H and O–H groups in total. The summed E-state index contributed by atoms with van der Waals surface area (Å²) >= 11 is 0. The van der Waals surface area contributed by atoms with Crippen molar-refractivity contribution in [2.24, 2.45) is 5.84 Å². The minimum atomic E-state index is -0.380. The van der Waals surface area contributed by atoms with Crippen LogP contribution in [-0.4, -0.2) is 4.98 Å². The summed E-state index contributed by atoms with van der Waals surface area (Å²) in [5.41, 5.74) is 11.0. The summed E-state index contributed by atoms with van der Waals surface area (Å²) < 4.78 is 13.3. The average Bonchev–Trinajstić information content (AvgIpc) is 2.34. The first-order valence-electron chi connectivity index (χ1n) is 5.56. The lowest BCUT2D eigenvalue weighted by atomic mass is 9.96. The van der Waals surface area contributed by atoms with E-state index in [1.807, 2.05) is 13.0 Å². The summed E-state index contributed by atoms with van der Waals surface area (Å²) in [6.07, 6.45) is 1.63. The number of nitrogen functional groups attached to an aromatic ring is 1. The number of hydrogen-bond acceptors (Lipinski definition) is 4. The van der Waals surface area contributed by atoms with Gasteiger partial charge in [-0.1, -0.05) is 12.1 Å². The Bertz CT molecular complexity index is 536. The third-order valence-electron chi connectivity index (χ3n) is 2.88. The highest BCUT2D eigenvalue weighted by atomic mass is 19.1. The molecule has 1 aromatic heterocycles. The SMILES string of the molecule is Cc1ccnc(N)c1C(NN)c1cccc(F)c1. The number of hydrogen-bond donors (Lipinski definition) is 3. The first-order chi connectivity index (χ1) is 8.63. The Morgan fingerprint density at radius 2 is 2.11 bits per heavy atom. The Hall–Kier alpha value is -1.98. The lowest BCUT2D eigenvalue weighted by molar-refractivity contribution is 0.604. The van der Waals surface area contributed by atoms with Crippen molar-refractivity contribution >= 4 is 5.82 Å². The van der Waals surface area contributed by atoms with E-state index in [1.165, 1.54) is 12.1 Å². The smallest absolute Gasteiger partial charge is 0.128 e. The largest absolute Gasteiger partial charge is 0.383 e. The van der Waals surface area contributed by atoms with Gasteiger partial charge < -0.3 is 5.73 Å². The summed E-state index contributed by atoms with van der Waals surface area (Å²) in [6.45, 7) is 1.91. The monoisotopic (exact) mass is 246 g/mol. The fourth-order valence-corrected chi connectivity index (χ4v) is 2.00. The van der Waals surface area contributed by atoms with Crippen LogP contribution >= 0.6 is 0 Å². The minimum Gasteiger partial charge on any atom is -0.383 e. The van der Waals surface area contributed by atoms with Gasteiger partial charge in [-0.15, -0.1) is 0 Å². The topological polar surface area (TPSA) is 77.0 Å². The quantitative estimate of drug-likeness (QED) is 0.568. The van der Waals surface area contributed by atoms with Crippen LogP contribution in [-0.2, 0) is 0 Å². The zero-order valence-electron chi connectivity index (χ0n) is 10.0. The second kappa shape index (κ2) is 5.12. The molecule has 18 heavy (non-hydrogen) atoms. The maximum atomic E-state index is 13.3. The number of aryl methyl sites for hydroxylation is 1. The molecule has 0 fully saturated rings. The minimum absolute atomic E-state index is 0.312. The van der Waals surface area contributed by atoms with Gasteiger partial charge in [-0.2, -0.15) is 0 Å². The molecule has 0 aliphatic carbocycles. The number of halogens is 1. The zero-order chi connectivity index (χ0) is 13.1. The van der Waals surface area contributed by atoms with Crippen molar-refractivity contribution in [3.05, 3.63) is 59.0 Å². The number of hydrazine groups is 1. The number of rotatable bonds is 3. The molecule has 2 rings (SSSR count). The molecule has 1 heterocycles. The molecular weight excluding hydrogens is 231 g/mol. The number of nitrogens with one attached hydrogen (secondary N) is 1. The van der Waals surface area contributed by atoms with E-state index in [2.05, 4.69) is 10.4 Å². The van der Waals surface area contributed by atoms with E-state index < -0.39 is 0 Å². The molecule has 1 atom stereocenters. The summed E-state index contributed by atoms with van der Waals surface area (Å²) in [5.74, 6) is 5.65. The van der Waals surface area contributed by atoms with E-state index in [0.29, 0.717) is 11.4 Å². The van der Waals surface area contributed by atoms with Crippen molar-refractivity contribution < 1.29 is 4.39 Å². The number of nitrogens with two attached hydrogens (primary N) is 2. The zero-order valence-corrected chi connectivity index (χ0v) is 10.0. The number of benzene rings is 1. The van der Waals surface area contributed by atoms with Gasteiger partial charge in [-0.3, -0.25) is 5.84 Å². The van der Waals surface area contributed by atoms with Gasteiger partial charge in [-0.25, -0.2) is 14.8 Å². The first kappa shape index (κ1) is 12.5. The lowest BCUT2D eigenvalue weighted by Gasteiger charge is -2.20. The number of aromatic nitrogens is 1. The average molecular weight is 246 g/mol. The fraction of sp³-hybridized carbons (Fsp3) is 0.154. The molecule has 0 saturated heterocycles. The van der Waals surface area contributed by atoms with Gasteiger partial charge in [0.1, 0.15) is 11.6 Å². The summed E-state index contributed by atoms with van der Waals surface area (Å²) in [4.78, 5) is 4.05. The standard InChI is InChI=1S/C13H15FN4/c1-8-5-6-17-13(15)11(8)12(18-16)9-3-2-4-10(14)7-9/h2-7,12,18H,16H2,1H3,(H2,15,17). The molecule has 2 aromatic rings. The van der Waals surface area contributed by atoms with Crippen molar-refractivity contribution in [3.63, 3.8) is 0 Å². The molecule has 1 aromatic carbocycles. The van der Waals surface area contributed by atoms with Crippen molar-refractivity contribution in [2.45, 2.75) is 13.0 Å². The van der Waals surface area contributed by atoms with E-state index in [4.69, 9.17) is 11.6 Å². The predicted molar refractivity (Wildman–Crippen MR) is 69.0 cm³/mol. The van der Waals surface area contributed by atoms with E-state index in [9.17, 15) is 4.39 Å². The van der Waals surface area contributed by atoms with Crippen LogP contribution in [0, 0.1) is 12.7 Å². The van der Waals surface area contributed by atoms with Crippen molar-refractivity contribution in [1.29, 1.82) is 0 Å². The van der Waals surface area contributed by atoms with Crippen LogP contribution in [0.25, 0.3) is 0 Å². The summed E-state index contributed by atoms with van der Waals surface area (Å²) in [6, 6.07) is 7.70. The van der Waals surface area contributed by atoms with Gasteiger partial charge >= 0.3 is 0 Å². The second-order valence-corrected chi connectivity index (χ2v) is 4.08. The second-order valence-electron chi connectivity index (χ2n) is 4.08. The maximum absolute atomic E-state index is 13.3. The molecule has 0 amide bonds. The first-order valence-corrected chi connectivity index (χ1v) is 5.56. The van der Waals surface area contributed by atoms with Crippen LogP contribution in [0.1, 0.15) is 22.7 Å². The van der Waals surface area contributed by atoms with E-state index in [-0.39, 0.29) is 11.9 Å². The van der Waals surface area contributed by atoms with Gasteiger partial charge in [0, 0.05) is 11.8 Å². The molecule has 0 bridgehead atoms. The maximum Gasteiger partial charge on any atom is 0.128 e. The van der Waals surface area contributed by atoms with E-state index in [1.54, 1.807) is 18.3 Å². The summed E-state index contributed by atoms with van der Waals surface area (Å²) in [5, 5.41) is 0. The van der Waals surface area contributed by atoms with Crippen molar-refractivity contribution in [2.75, 3.05) is 5.73 Å². The van der Waals surface area contributed by atoms with Crippen LogP contribution in [0.3, 0.4) is 0 Å². The third-order valence-corrected chi connectivity index (χ3v) is 2.88. The highest BCUT2D eigenvalue weighted by Gasteiger charge is 2.18. The van der Waals surface area contributed by atoms with Crippen LogP contribution in [0.2, 0.25) is 0 Å². The number of nitrogens with zero attached hydrogens (tertiary/aromatic N) is 1. The normalized spacial score (nSPS) is 12.4. The Balaban J connectivity index is 2.52. The van der Waals surface area contributed by atoms with Gasteiger partial charge in [0.25, 0.3) is 0 Å². The molecular formula is C13H15FN4. The fourth-order valence-electron chi connectivity index (χ4n) is 2.00. The Kier molecular flexibility index (Phi) is 3.55.